The zero-order valence-electron chi connectivity index (χ0n) is 16.7. The summed E-state index contributed by atoms with van der Waals surface area (Å²) in [6, 6.07) is 12.6. The van der Waals surface area contributed by atoms with Gasteiger partial charge in [0, 0.05) is 34.8 Å². The van der Waals surface area contributed by atoms with E-state index < -0.39 is 0 Å². The number of aromatic nitrogens is 4. The predicted molar refractivity (Wildman–Crippen MR) is 114 cm³/mol. The average Bonchev–Trinajstić information content (AvgIpc) is 3.09. The van der Waals surface area contributed by atoms with E-state index in [1.54, 1.807) is 0 Å². The molecule has 2 aromatic heterocycles. The largest absolute Gasteiger partial charge is 0.306 e. The number of pyridine rings is 1. The summed E-state index contributed by atoms with van der Waals surface area (Å²) in [5.74, 6) is 3.07. The van der Waals surface area contributed by atoms with Crippen LogP contribution in [0.15, 0.2) is 36.4 Å². The van der Waals surface area contributed by atoms with Gasteiger partial charge in [0.15, 0.2) is 5.82 Å². The molecule has 3 heterocycles. The molecule has 150 valence electrons. The van der Waals surface area contributed by atoms with Crippen molar-refractivity contribution in [3.63, 3.8) is 0 Å². The van der Waals surface area contributed by atoms with Crippen LogP contribution in [-0.2, 0) is 19.5 Å². The van der Waals surface area contributed by atoms with Crippen molar-refractivity contribution < 1.29 is 0 Å². The fourth-order valence-corrected chi connectivity index (χ4v) is 4.96. The summed E-state index contributed by atoms with van der Waals surface area (Å²) in [7, 11) is 0. The Bertz CT molecular complexity index is 1020. The van der Waals surface area contributed by atoms with E-state index >= 15 is 0 Å². The van der Waals surface area contributed by atoms with E-state index in [1.807, 2.05) is 12.1 Å². The van der Waals surface area contributed by atoms with Crippen LogP contribution >= 0.6 is 11.6 Å². The molecule has 0 spiro atoms. The molecule has 1 aliphatic carbocycles. The average molecular weight is 408 g/mol. The molecule has 1 saturated carbocycles. The van der Waals surface area contributed by atoms with Gasteiger partial charge in [-0.3, -0.25) is 9.55 Å². The number of benzene rings is 1. The lowest BCUT2D eigenvalue weighted by Gasteiger charge is -2.28. The second-order valence-corrected chi connectivity index (χ2v) is 8.58. The van der Waals surface area contributed by atoms with E-state index in [0.29, 0.717) is 11.8 Å². The minimum atomic E-state index is 0.434. The Kier molecular flexibility index (Phi) is 5.10. The van der Waals surface area contributed by atoms with Crippen LogP contribution in [0.2, 0.25) is 5.02 Å². The van der Waals surface area contributed by atoms with E-state index in [-0.39, 0.29) is 0 Å². The Hall–Kier alpha value is -2.24. The van der Waals surface area contributed by atoms with Crippen LogP contribution in [0.3, 0.4) is 0 Å². The fraction of sp³-hybridized carbons (Fsp3) is 0.435. The molecule has 1 aromatic carbocycles. The Morgan fingerprint density at radius 2 is 1.86 bits per heavy atom. The standard InChI is InChI=1S/C23H26ClN5/c1-2-19-4-3-5-20(26-19)15-6-8-16(9-7-15)23-28-27-22-14-25-13-17-12-18(24)10-11-21(17)29(22)23/h3-5,10-12,15-16,25H,2,6-9,13-14H2,1H3. The zero-order chi connectivity index (χ0) is 19.8. The van der Waals surface area contributed by atoms with Gasteiger partial charge in [-0.05, 0) is 68.0 Å². The Morgan fingerprint density at radius 3 is 2.69 bits per heavy atom. The van der Waals surface area contributed by atoms with Gasteiger partial charge in [-0.15, -0.1) is 10.2 Å². The summed E-state index contributed by atoms with van der Waals surface area (Å²) in [5, 5.41) is 13.4. The highest BCUT2D eigenvalue weighted by molar-refractivity contribution is 6.30. The molecule has 0 unspecified atom stereocenters. The number of hydrogen-bond acceptors (Lipinski definition) is 4. The minimum Gasteiger partial charge on any atom is -0.306 e. The van der Waals surface area contributed by atoms with Gasteiger partial charge in [-0.1, -0.05) is 24.6 Å². The SMILES string of the molecule is CCc1cccc(C2CCC(c3nnc4n3-c3ccc(Cl)cc3CNC4)CC2)n1. The lowest BCUT2D eigenvalue weighted by atomic mass is 9.80. The third kappa shape index (κ3) is 3.58. The van der Waals surface area contributed by atoms with Crippen LogP contribution in [0.5, 0.6) is 0 Å². The van der Waals surface area contributed by atoms with Crippen LogP contribution in [0.4, 0.5) is 0 Å². The third-order valence-electron chi connectivity index (χ3n) is 6.34. The van der Waals surface area contributed by atoms with Gasteiger partial charge >= 0.3 is 0 Å². The summed E-state index contributed by atoms with van der Waals surface area (Å²) < 4.78 is 2.27. The first-order valence-corrected chi connectivity index (χ1v) is 11.0. The highest BCUT2D eigenvalue weighted by Crippen LogP contribution is 2.40. The molecule has 0 saturated heterocycles. The maximum Gasteiger partial charge on any atom is 0.151 e. The van der Waals surface area contributed by atoms with Crippen LogP contribution in [0.25, 0.3) is 5.69 Å². The molecule has 5 rings (SSSR count). The van der Waals surface area contributed by atoms with Crippen LogP contribution < -0.4 is 5.32 Å². The van der Waals surface area contributed by atoms with E-state index in [2.05, 4.69) is 51.3 Å². The van der Waals surface area contributed by atoms with Crippen molar-refractivity contribution in [3.8, 4) is 5.69 Å². The summed E-state index contributed by atoms with van der Waals surface area (Å²) in [4.78, 5) is 4.87. The topological polar surface area (TPSA) is 55.6 Å². The number of aryl methyl sites for hydroxylation is 1. The second kappa shape index (κ2) is 7.88. The maximum absolute atomic E-state index is 6.24. The molecule has 1 aliphatic heterocycles. The van der Waals surface area contributed by atoms with E-state index in [0.717, 1.165) is 67.6 Å². The molecule has 5 nitrogen and oxygen atoms in total. The molecule has 29 heavy (non-hydrogen) atoms. The van der Waals surface area contributed by atoms with Crippen molar-refractivity contribution in [3.05, 3.63) is 70.0 Å². The molecule has 3 aromatic rings. The van der Waals surface area contributed by atoms with Gasteiger partial charge in [0.25, 0.3) is 0 Å². The van der Waals surface area contributed by atoms with Gasteiger partial charge in [0.1, 0.15) is 5.82 Å². The molecular formula is C23H26ClN5. The molecule has 0 amide bonds. The maximum atomic E-state index is 6.24. The van der Waals surface area contributed by atoms with Crippen molar-refractivity contribution in [2.45, 2.75) is 64.0 Å². The zero-order valence-corrected chi connectivity index (χ0v) is 17.5. The van der Waals surface area contributed by atoms with Gasteiger partial charge in [-0.25, -0.2) is 0 Å². The van der Waals surface area contributed by atoms with E-state index in [1.165, 1.54) is 17.0 Å². The molecular weight excluding hydrogens is 382 g/mol. The molecule has 0 bridgehead atoms. The van der Waals surface area contributed by atoms with Gasteiger partial charge in [0.2, 0.25) is 0 Å². The number of nitrogens with zero attached hydrogens (tertiary/aromatic N) is 4. The highest BCUT2D eigenvalue weighted by atomic mass is 35.5. The van der Waals surface area contributed by atoms with Gasteiger partial charge in [-0.2, -0.15) is 0 Å². The molecule has 1 fully saturated rings. The third-order valence-corrected chi connectivity index (χ3v) is 6.57. The first kappa shape index (κ1) is 18.8. The van der Waals surface area contributed by atoms with Crippen molar-refractivity contribution in [1.82, 2.24) is 25.1 Å². The Labute approximate surface area is 176 Å². The fourth-order valence-electron chi connectivity index (χ4n) is 4.76. The molecule has 0 radical (unpaired) electrons. The summed E-state index contributed by atoms with van der Waals surface area (Å²) >= 11 is 6.24. The predicted octanol–water partition coefficient (Wildman–Crippen LogP) is 4.92. The lowest BCUT2D eigenvalue weighted by Crippen LogP contribution is -2.17. The molecule has 2 aliphatic rings. The first-order valence-electron chi connectivity index (χ1n) is 10.6. The van der Waals surface area contributed by atoms with Crippen molar-refractivity contribution in [1.29, 1.82) is 0 Å². The van der Waals surface area contributed by atoms with Crippen LogP contribution in [0, 0.1) is 0 Å². The summed E-state index contributed by atoms with van der Waals surface area (Å²) in [6.45, 7) is 3.69. The van der Waals surface area contributed by atoms with E-state index in [4.69, 9.17) is 16.6 Å². The first-order chi connectivity index (χ1) is 14.2. The Morgan fingerprint density at radius 1 is 1.03 bits per heavy atom. The van der Waals surface area contributed by atoms with E-state index in [9.17, 15) is 0 Å². The second-order valence-electron chi connectivity index (χ2n) is 8.14. The highest BCUT2D eigenvalue weighted by Gasteiger charge is 2.30. The van der Waals surface area contributed by atoms with Crippen LogP contribution in [0.1, 0.15) is 73.0 Å². The monoisotopic (exact) mass is 407 g/mol. The molecule has 6 heteroatoms. The normalized spacial score (nSPS) is 21.3. The van der Waals surface area contributed by atoms with Crippen LogP contribution in [-0.4, -0.2) is 19.7 Å². The van der Waals surface area contributed by atoms with Gasteiger partial charge < -0.3 is 5.32 Å². The van der Waals surface area contributed by atoms with Crippen molar-refractivity contribution >= 4 is 11.6 Å². The number of fused-ring (bicyclic) bond motifs is 3. The molecule has 0 atom stereocenters. The summed E-state index contributed by atoms with van der Waals surface area (Å²) in [6.07, 6.45) is 5.54. The van der Waals surface area contributed by atoms with Crippen molar-refractivity contribution in [2.75, 3.05) is 0 Å². The molecule has 1 N–H and O–H groups in total. The van der Waals surface area contributed by atoms with Crippen molar-refractivity contribution in [2.24, 2.45) is 0 Å². The summed E-state index contributed by atoms with van der Waals surface area (Å²) in [5.41, 5.74) is 4.81. The number of nitrogens with one attached hydrogen (secondary N) is 1. The number of rotatable bonds is 3. The smallest absolute Gasteiger partial charge is 0.151 e. The quantitative estimate of drug-likeness (QED) is 0.669. The minimum absolute atomic E-state index is 0.434. The van der Waals surface area contributed by atoms with Gasteiger partial charge in [0.05, 0.1) is 12.2 Å². The Balaban J connectivity index is 1.40. The number of hydrogen-bond donors (Lipinski definition) is 1. The lowest BCUT2D eigenvalue weighted by molar-refractivity contribution is 0.377. The number of halogens is 1.